The van der Waals surface area contributed by atoms with E-state index in [1.165, 1.54) is 56.7 Å². The van der Waals surface area contributed by atoms with Crippen LogP contribution in [0.3, 0.4) is 0 Å². The molecule has 2 heterocycles. The minimum atomic E-state index is -0.174. The summed E-state index contributed by atoms with van der Waals surface area (Å²) in [4.78, 5) is 0. The highest BCUT2D eigenvalue weighted by molar-refractivity contribution is 7.18. The Morgan fingerprint density at radius 1 is 0.861 bits per heavy atom. The minimum absolute atomic E-state index is 0.126. The van der Waals surface area contributed by atoms with Gasteiger partial charge < -0.3 is 21.3 Å². The lowest BCUT2D eigenvalue weighted by molar-refractivity contribution is -0.0526. The Morgan fingerprint density at radius 2 is 1.42 bits per heavy atom. The van der Waals surface area contributed by atoms with Crippen molar-refractivity contribution < 1.29 is 0 Å². The van der Waals surface area contributed by atoms with Gasteiger partial charge >= 0.3 is 0 Å². The van der Waals surface area contributed by atoms with Crippen LogP contribution >= 0.6 is 18.5 Å². The molecular formula is C30H50N4P2. The summed E-state index contributed by atoms with van der Waals surface area (Å²) in [6.45, 7) is 11.5. The van der Waals surface area contributed by atoms with Gasteiger partial charge in [-0.1, -0.05) is 39.0 Å². The van der Waals surface area contributed by atoms with Crippen molar-refractivity contribution >= 4 is 18.5 Å². The molecular weight excluding hydrogens is 478 g/mol. The number of hydrogen-bond acceptors (Lipinski definition) is 4. The summed E-state index contributed by atoms with van der Waals surface area (Å²) in [6, 6.07) is 7.74. The lowest BCUT2D eigenvalue weighted by Gasteiger charge is -2.63. The Morgan fingerprint density at radius 3 is 1.92 bits per heavy atom. The van der Waals surface area contributed by atoms with E-state index in [0.717, 1.165) is 49.9 Å². The first-order chi connectivity index (χ1) is 17.3. The van der Waals surface area contributed by atoms with E-state index >= 15 is 0 Å². The number of rotatable bonds is 5. The Labute approximate surface area is 224 Å². The van der Waals surface area contributed by atoms with Crippen molar-refractivity contribution in [3.8, 4) is 0 Å². The molecule has 4 saturated carbocycles. The van der Waals surface area contributed by atoms with Gasteiger partial charge in [-0.15, -0.1) is 18.5 Å². The third-order valence-electron chi connectivity index (χ3n) is 10.7. The summed E-state index contributed by atoms with van der Waals surface area (Å²) in [6.07, 6.45) is 11.3. The standard InChI is InChI=1S/C30H50N4P2/c1-28(2,3)22-6-7-23(29-16-19-12-20(17-29)14-21(13-19)25(29)18-35)24(15-22)30(36,26-31-8-4-9-32-26)27-33-10-5-11-34-27/h6-7,15,19-21,25-27,31-34H,4-5,8-14,16-18,35-36H2,1-3H3. The SMILES string of the molecule is CC(C)(C)c1ccc(C23CC4CC(CC(C4)C2CP)C3)c(C(P)(C2NCCCN2)C2NCCCN2)c1. The molecule has 4 aliphatic carbocycles. The minimum Gasteiger partial charge on any atom is -0.301 e. The Kier molecular flexibility index (Phi) is 7.15. The Hall–Kier alpha value is -0.0800. The van der Waals surface area contributed by atoms with Crippen molar-refractivity contribution in [3.05, 3.63) is 34.9 Å². The van der Waals surface area contributed by atoms with Gasteiger partial charge in [0.2, 0.25) is 0 Å². The molecule has 0 aromatic heterocycles. The van der Waals surface area contributed by atoms with Gasteiger partial charge in [-0.05, 0) is 128 Å². The normalized spacial score (nSPS) is 35.9. The van der Waals surface area contributed by atoms with E-state index in [4.69, 9.17) is 0 Å². The molecule has 0 spiro atoms. The summed E-state index contributed by atoms with van der Waals surface area (Å²) < 4.78 is 0. The predicted octanol–water partition coefficient (Wildman–Crippen LogP) is 4.44. The quantitative estimate of drug-likeness (QED) is 0.427. The average Bonchev–Trinajstić information content (AvgIpc) is 2.88. The molecule has 7 rings (SSSR count). The van der Waals surface area contributed by atoms with Gasteiger partial charge in [0.1, 0.15) is 0 Å². The second kappa shape index (κ2) is 9.83. The van der Waals surface area contributed by atoms with E-state index in [1.807, 2.05) is 0 Å². The van der Waals surface area contributed by atoms with Gasteiger partial charge in [-0.25, -0.2) is 0 Å². The fraction of sp³-hybridized carbons (Fsp3) is 0.800. The van der Waals surface area contributed by atoms with Gasteiger partial charge in [-0.3, -0.25) is 0 Å². The molecule has 4 bridgehead atoms. The van der Waals surface area contributed by atoms with Crippen LogP contribution in [0.1, 0.15) is 82.4 Å². The lowest BCUT2D eigenvalue weighted by Crippen LogP contribution is -2.69. The molecule has 1 aromatic carbocycles. The van der Waals surface area contributed by atoms with Crippen molar-refractivity contribution in [2.45, 2.75) is 94.0 Å². The van der Waals surface area contributed by atoms with Crippen molar-refractivity contribution in [2.24, 2.45) is 23.7 Å². The molecule has 6 fully saturated rings. The van der Waals surface area contributed by atoms with E-state index in [1.54, 1.807) is 11.1 Å². The van der Waals surface area contributed by atoms with Gasteiger partial charge in [0.25, 0.3) is 0 Å². The van der Waals surface area contributed by atoms with E-state index in [-0.39, 0.29) is 22.9 Å². The zero-order valence-electron chi connectivity index (χ0n) is 22.8. The largest absolute Gasteiger partial charge is 0.301 e. The maximum absolute atomic E-state index is 3.92. The first-order valence-corrected chi connectivity index (χ1v) is 16.2. The lowest BCUT2D eigenvalue weighted by atomic mass is 9.43. The zero-order chi connectivity index (χ0) is 25.1. The average molecular weight is 529 g/mol. The number of hydrogen-bond donors (Lipinski definition) is 4. The summed E-state index contributed by atoms with van der Waals surface area (Å²) in [5.41, 5.74) is 5.17. The van der Waals surface area contributed by atoms with Crippen LogP contribution in [-0.4, -0.2) is 44.7 Å². The van der Waals surface area contributed by atoms with Crippen molar-refractivity contribution in [1.82, 2.24) is 21.3 Å². The van der Waals surface area contributed by atoms with Gasteiger partial charge in [-0.2, -0.15) is 0 Å². The van der Waals surface area contributed by atoms with Crippen LogP contribution in [0, 0.1) is 23.7 Å². The van der Waals surface area contributed by atoms with Crippen molar-refractivity contribution in [1.29, 1.82) is 0 Å². The van der Waals surface area contributed by atoms with Crippen molar-refractivity contribution in [3.63, 3.8) is 0 Å². The smallest absolute Gasteiger partial charge is 0.0735 e. The maximum Gasteiger partial charge on any atom is 0.0735 e. The Bertz CT molecular complexity index is 915. The molecule has 0 radical (unpaired) electrons. The van der Waals surface area contributed by atoms with Crippen LogP contribution in [0.5, 0.6) is 0 Å². The molecule has 36 heavy (non-hydrogen) atoms. The van der Waals surface area contributed by atoms with Gasteiger partial charge in [0.05, 0.1) is 17.5 Å². The summed E-state index contributed by atoms with van der Waals surface area (Å²) in [7, 11) is 6.62. The van der Waals surface area contributed by atoms with Crippen LogP contribution in [0.4, 0.5) is 0 Å². The topological polar surface area (TPSA) is 48.1 Å². The molecule has 5 atom stereocenters. The maximum atomic E-state index is 3.92. The highest BCUT2D eigenvalue weighted by Crippen LogP contribution is 2.65. The van der Waals surface area contributed by atoms with Gasteiger partial charge in [0, 0.05) is 0 Å². The molecule has 200 valence electrons. The molecule has 1 aromatic rings. The van der Waals surface area contributed by atoms with E-state index in [2.05, 4.69) is 78.7 Å². The van der Waals surface area contributed by atoms with E-state index in [0.29, 0.717) is 5.41 Å². The summed E-state index contributed by atoms with van der Waals surface area (Å²) >= 11 is 0. The third kappa shape index (κ3) is 4.26. The molecule has 4 N–H and O–H groups in total. The fourth-order valence-electron chi connectivity index (χ4n) is 9.25. The zero-order valence-corrected chi connectivity index (χ0v) is 25.1. The highest BCUT2D eigenvalue weighted by Gasteiger charge is 2.59. The first-order valence-electron chi connectivity index (χ1n) is 14.8. The van der Waals surface area contributed by atoms with E-state index < -0.39 is 0 Å². The molecule has 2 saturated heterocycles. The molecule has 2 aliphatic heterocycles. The first kappa shape index (κ1) is 26.2. The second-order valence-corrected chi connectivity index (χ2v) is 15.4. The predicted molar refractivity (Wildman–Crippen MR) is 159 cm³/mol. The molecule has 6 heteroatoms. The third-order valence-corrected chi connectivity index (χ3v) is 12.2. The fourth-order valence-corrected chi connectivity index (χ4v) is 10.8. The molecule has 4 nitrogen and oxygen atoms in total. The number of benzene rings is 1. The van der Waals surface area contributed by atoms with Crippen LogP contribution in [0.25, 0.3) is 0 Å². The number of nitrogens with one attached hydrogen (secondary N) is 4. The second-order valence-electron chi connectivity index (χ2n) is 13.9. The van der Waals surface area contributed by atoms with Crippen LogP contribution in [0.2, 0.25) is 0 Å². The Balaban J connectivity index is 1.55. The molecule has 6 aliphatic rings. The van der Waals surface area contributed by atoms with Gasteiger partial charge in [0.15, 0.2) is 0 Å². The monoisotopic (exact) mass is 528 g/mol. The van der Waals surface area contributed by atoms with E-state index in [9.17, 15) is 0 Å². The highest BCUT2D eigenvalue weighted by atomic mass is 31.0. The summed E-state index contributed by atoms with van der Waals surface area (Å²) in [5, 5.41) is 15.5. The summed E-state index contributed by atoms with van der Waals surface area (Å²) in [5.74, 6) is 3.57. The van der Waals surface area contributed by atoms with Crippen LogP contribution in [-0.2, 0) is 16.0 Å². The molecule has 5 unspecified atom stereocenters. The van der Waals surface area contributed by atoms with Crippen LogP contribution < -0.4 is 21.3 Å². The van der Waals surface area contributed by atoms with Crippen LogP contribution in [0.15, 0.2) is 18.2 Å². The van der Waals surface area contributed by atoms with Crippen molar-refractivity contribution in [2.75, 3.05) is 32.3 Å². The molecule has 0 amide bonds.